The molecule has 0 saturated heterocycles. The third-order valence-electron chi connectivity index (χ3n) is 3.20. The molecular weight excluding hydrogens is 240 g/mol. The molecule has 0 radical (unpaired) electrons. The second-order valence-electron chi connectivity index (χ2n) is 4.71. The maximum Gasteiger partial charge on any atom is 0.227 e. The minimum absolute atomic E-state index is 0.132. The molecule has 2 heterocycles. The van der Waals surface area contributed by atoms with Gasteiger partial charge in [0.05, 0.1) is 6.54 Å². The van der Waals surface area contributed by atoms with Crippen LogP contribution in [0.2, 0.25) is 0 Å². The molecule has 3 rings (SSSR count). The smallest absolute Gasteiger partial charge is 0.227 e. The van der Waals surface area contributed by atoms with Crippen molar-refractivity contribution in [1.29, 1.82) is 0 Å². The van der Waals surface area contributed by atoms with Gasteiger partial charge < -0.3 is 15.4 Å². The Hall–Kier alpha value is -2.30. The number of likely N-dealkylation sites (N-methyl/N-ethyl adjacent to an activating group) is 1. The van der Waals surface area contributed by atoms with Crippen LogP contribution < -0.4 is 15.4 Å². The molecule has 1 aliphatic rings. The summed E-state index contributed by atoms with van der Waals surface area (Å²) in [7, 11) is 1.95. The third kappa shape index (κ3) is 2.45. The summed E-state index contributed by atoms with van der Waals surface area (Å²) in [4.78, 5) is 10.4. The number of rotatable bonds is 3. The number of para-hydroxylation sites is 1. The highest BCUT2D eigenvalue weighted by atomic mass is 16.5. The maximum absolute atomic E-state index is 5.90. The maximum atomic E-state index is 5.90. The molecule has 1 unspecified atom stereocenters. The Balaban J connectivity index is 1.67. The largest absolute Gasteiger partial charge is 0.488 e. The Morgan fingerprint density at radius 2 is 2.21 bits per heavy atom. The van der Waals surface area contributed by atoms with E-state index in [2.05, 4.69) is 16.0 Å². The number of ether oxygens (including phenoxy) is 1. The van der Waals surface area contributed by atoms with E-state index in [4.69, 9.17) is 10.5 Å². The first-order valence-electron chi connectivity index (χ1n) is 6.26. The Labute approximate surface area is 112 Å². The van der Waals surface area contributed by atoms with E-state index in [0.29, 0.717) is 11.8 Å². The molecule has 98 valence electrons. The predicted molar refractivity (Wildman–Crippen MR) is 74.3 cm³/mol. The number of benzene rings is 1. The average molecular weight is 256 g/mol. The Morgan fingerprint density at radius 3 is 3.00 bits per heavy atom. The molecule has 0 aliphatic carbocycles. The van der Waals surface area contributed by atoms with E-state index in [9.17, 15) is 0 Å². The van der Waals surface area contributed by atoms with Crippen molar-refractivity contribution in [3.05, 3.63) is 42.1 Å². The molecule has 5 nitrogen and oxygen atoms in total. The van der Waals surface area contributed by atoms with Gasteiger partial charge in [-0.2, -0.15) is 4.98 Å². The molecule has 2 aromatic rings. The summed E-state index contributed by atoms with van der Waals surface area (Å²) in [5.41, 5.74) is 6.92. The van der Waals surface area contributed by atoms with E-state index >= 15 is 0 Å². The van der Waals surface area contributed by atoms with Crippen LogP contribution in [0.3, 0.4) is 0 Å². The van der Waals surface area contributed by atoms with Crippen molar-refractivity contribution in [2.45, 2.75) is 12.5 Å². The second-order valence-corrected chi connectivity index (χ2v) is 4.71. The van der Waals surface area contributed by atoms with E-state index in [1.807, 2.05) is 30.1 Å². The lowest BCUT2D eigenvalue weighted by atomic mass is 10.1. The fourth-order valence-electron chi connectivity index (χ4n) is 2.29. The number of nitrogen functional groups attached to an aromatic ring is 1. The summed E-state index contributed by atoms with van der Waals surface area (Å²) in [5.74, 6) is 2.08. The van der Waals surface area contributed by atoms with Gasteiger partial charge in [0.25, 0.3) is 0 Å². The molecule has 0 fully saturated rings. The number of nitrogens with zero attached hydrogens (tertiary/aromatic N) is 3. The van der Waals surface area contributed by atoms with Crippen molar-refractivity contribution in [3.63, 3.8) is 0 Å². The molecule has 1 aromatic carbocycles. The molecular formula is C14H16N4O. The van der Waals surface area contributed by atoms with Gasteiger partial charge in [0.2, 0.25) is 5.95 Å². The Kier molecular flexibility index (Phi) is 2.95. The van der Waals surface area contributed by atoms with Gasteiger partial charge >= 0.3 is 0 Å². The number of fused-ring (bicyclic) bond motifs is 1. The molecule has 0 bridgehead atoms. The van der Waals surface area contributed by atoms with Gasteiger partial charge in [-0.15, -0.1) is 0 Å². The van der Waals surface area contributed by atoms with Crippen LogP contribution in [-0.2, 0) is 6.42 Å². The summed E-state index contributed by atoms with van der Waals surface area (Å²) < 4.78 is 5.90. The molecule has 5 heteroatoms. The van der Waals surface area contributed by atoms with Crippen LogP contribution in [0, 0.1) is 0 Å². The van der Waals surface area contributed by atoms with E-state index in [0.717, 1.165) is 18.7 Å². The Morgan fingerprint density at radius 1 is 1.37 bits per heavy atom. The fraction of sp³-hybridized carbons (Fsp3) is 0.286. The van der Waals surface area contributed by atoms with Gasteiger partial charge in [0.1, 0.15) is 17.7 Å². The lowest BCUT2D eigenvalue weighted by Gasteiger charge is -2.20. The minimum atomic E-state index is 0.132. The van der Waals surface area contributed by atoms with Crippen LogP contribution in [0.15, 0.2) is 36.5 Å². The first-order chi connectivity index (χ1) is 9.22. The monoisotopic (exact) mass is 256 g/mol. The zero-order valence-electron chi connectivity index (χ0n) is 10.8. The summed E-state index contributed by atoms with van der Waals surface area (Å²) in [6.45, 7) is 0.734. The molecule has 0 amide bonds. The zero-order chi connectivity index (χ0) is 13.2. The van der Waals surface area contributed by atoms with E-state index in [1.165, 1.54) is 5.56 Å². The van der Waals surface area contributed by atoms with Crippen LogP contribution in [0.1, 0.15) is 5.56 Å². The van der Waals surface area contributed by atoms with Gasteiger partial charge in [-0.05, 0) is 17.7 Å². The lowest BCUT2D eigenvalue weighted by molar-refractivity contribution is 0.238. The first-order valence-corrected chi connectivity index (χ1v) is 6.26. The van der Waals surface area contributed by atoms with Crippen molar-refractivity contribution < 1.29 is 4.74 Å². The minimum Gasteiger partial charge on any atom is -0.488 e. The van der Waals surface area contributed by atoms with Crippen LogP contribution in [-0.4, -0.2) is 29.7 Å². The fourth-order valence-corrected chi connectivity index (χ4v) is 2.29. The van der Waals surface area contributed by atoms with Crippen molar-refractivity contribution in [1.82, 2.24) is 9.97 Å². The van der Waals surface area contributed by atoms with Gasteiger partial charge in [-0.1, -0.05) is 18.2 Å². The lowest BCUT2D eigenvalue weighted by Crippen LogP contribution is -2.33. The number of aromatic nitrogens is 2. The molecule has 2 N–H and O–H groups in total. The van der Waals surface area contributed by atoms with Gasteiger partial charge in [-0.25, -0.2) is 4.98 Å². The zero-order valence-corrected chi connectivity index (χ0v) is 10.8. The quantitative estimate of drug-likeness (QED) is 0.901. The summed E-state index contributed by atoms with van der Waals surface area (Å²) in [5, 5.41) is 0. The predicted octanol–water partition coefficient (Wildman–Crippen LogP) is 1.50. The molecule has 19 heavy (non-hydrogen) atoms. The highest BCUT2D eigenvalue weighted by molar-refractivity contribution is 5.40. The number of hydrogen-bond donors (Lipinski definition) is 1. The average Bonchev–Trinajstić information content (AvgIpc) is 2.80. The summed E-state index contributed by atoms with van der Waals surface area (Å²) >= 11 is 0. The van der Waals surface area contributed by atoms with Crippen molar-refractivity contribution in [2.24, 2.45) is 0 Å². The highest BCUT2D eigenvalue weighted by Gasteiger charge is 2.24. The third-order valence-corrected chi connectivity index (χ3v) is 3.20. The van der Waals surface area contributed by atoms with Crippen LogP contribution in [0.4, 0.5) is 11.8 Å². The summed E-state index contributed by atoms with van der Waals surface area (Å²) in [6.07, 6.45) is 2.72. The first kappa shape index (κ1) is 11.8. The van der Waals surface area contributed by atoms with Crippen LogP contribution >= 0.6 is 0 Å². The number of nitrogens with two attached hydrogens (primary N) is 1. The SMILES string of the molecule is CN(CC1Cc2ccccc2O1)c1nccc(N)n1. The van der Waals surface area contributed by atoms with Gasteiger partial charge in [0.15, 0.2) is 0 Å². The normalized spacial score (nSPS) is 16.8. The standard InChI is InChI=1S/C14H16N4O/c1-18(14-16-7-6-13(15)17-14)9-11-8-10-4-2-3-5-12(10)19-11/h2-7,11H,8-9H2,1H3,(H2,15,16,17). The van der Waals surface area contributed by atoms with Gasteiger partial charge in [0, 0.05) is 19.7 Å². The number of anilines is 2. The molecule has 1 aromatic heterocycles. The van der Waals surface area contributed by atoms with E-state index in [-0.39, 0.29) is 6.10 Å². The van der Waals surface area contributed by atoms with Crippen molar-refractivity contribution >= 4 is 11.8 Å². The molecule has 1 aliphatic heterocycles. The van der Waals surface area contributed by atoms with Gasteiger partial charge in [-0.3, -0.25) is 0 Å². The molecule has 0 spiro atoms. The van der Waals surface area contributed by atoms with E-state index in [1.54, 1.807) is 12.3 Å². The topological polar surface area (TPSA) is 64.3 Å². The summed E-state index contributed by atoms with van der Waals surface area (Å²) in [6, 6.07) is 9.82. The number of hydrogen-bond acceptors (Lipinski definition) is 5. The van der Waals surface area contributed by atoms with Crippen molar-refractivity contribution in [3.8, 4) is 5.75 Å². The second kappa shape index (κ2) is 4.76. The highest BCUT2D eigenvalue weighted by Crippen LogP contribution is 2.28. The van der Waals surface area contributed by atoms with Crippen LogP contribution in [0.5, 0.6) is 5.75 Å². The Bertz CT molecular complexity index is 562. The van der Waals surface area contributed by atoms with Crippen molar-refractivity contribution in [2.75, 3.05) is 24.2 Å². The van der Waals surface area contributed by atoms with E-state index < -0.39 is 0 Å². The molecule has 0 saturated carbocycles. The van der Waals surface area contributed by atoms with Crippen LogP contribution in [0.25, 0.3) is 0 Å². The molecule has 1 atom stereocenters.